The van der Waals surface area contributed by atoms with Gasteiger partial charge in [-0.3, -0.25) is 9.59 Å². The molecule has 2 N–H and O–H groups in total. The molecular weight excluding hydrogens is 398 g/mol. The zero-order valence-electron chi connectivity index (χ0n) is 16.8. The van der Waals surface area contributed by atoms with Gasteiger partial charge in [0.2, 0.25) is 11.8 Å². The molecule has 3 aromatic rings. The number of aromatic nitrogens is 1. The summed E-state index contributed by atoms with van der Waals surface area (Å²) in [7, 11) is 0. The average Bonchev–Trinajstić information content (AvgIpc) is 3.17. The van der Waals surface area contributed by atoms with Crippen molar-refractivity contribution in [1.29, 1.82) is 0 Å². The minimum Gasteiger partial charge on any atom is -0.494 e. The Morgan fingerprint density at radius 3 is 2.97 bits per heavy atom. The largest absolute Gasteiger partial charge is 0.494 e. The van der Waals surface area contributed by atoms with Crippen molar-refractivity contribution in [2.45, 2.75) is 38.5 Å². The van der Waals surface area contributed by atoms with E-state index in [1.54, 1.807) is 11.3 Å². The van der Waals surface area contributed by atoms with Crippen LogP contribution in [0.5, 0.6) is 5.75 Å². The summed E-state index contributed by atoms with van der Waals surface area (Å²) in [6, 6.07) is 13.8. The number of thiazole rings is 1. The molecule has 0 radical (unpaired) electrons. The van der Waals surface area contributed by atoms with Gasteiger partial charge >= 0.3 is 0 Å². The first-order chi connectivity index (χ1) is 14.7. The van der Waals surface area contributed by atoms with Crippen LogP contribution in [-0.4, -0.2) is 29.9 Å². The molecule has 0 spiro atoms. The van der Waals surface area contributed by atoms with Gasteiger partial charge in [-0.2, -0.15) is 0 Å². The Kier molecular flexibility index (Phi) is 6.59. The number of hydrogen-bond acceptors (Lipinski definition) is 5. The molecule has 2 aromatic carbocycles. The number of hydrogen-bond donors (Lipinski definition) is 2. The van der Waals surface area contributed by atoms with E-state index >= 15 is 0 Å². The van der Waals surface area contributed by atoms with E-state index in [1.807, 2.05) is 36.4 Å². The molecule has 6 nitrogen and oxygen atoms in total. The van der Waals surface area contributed by atoms with Crippen LogP contribution in [0.3, 0.4) is 0 Å². The summed E-state index contributed by atoms with van der Waals surface area (Å²) >= 11 is 1.72. The van der Waals surface area contributed by atoms with Gasteiger partial charge in [-0.05, 0) is 55.2 Å². The topological polar surface area (TPSA) is 80.3 Å². The summed E-state index contributed by atoms with van der Waals surface area (Å²) < 4.78 is 6.97. The lowest BCUT2D eigenvalue weighted by atomic mass is 10.0. The van der Waals surface area contributed by atoms with Gasteiger partial charge in [0.25, 0.3) is 0 Å². The highest BCUT2D eigenvalue weighted by Gasteiger charge is 2.15. The minimum atomic E-state index is 0.0519. The third kappa shape index (κ3) is 5.36. The summed E-state index contributed by atoms with van der Waals surface area (Å²) in [5.74, 6) is 0.888. The molecule has 1 aliphatic rings. The van der Waals surface area contributed by atoms with E-state index in [1.165, 1.54) is 4.70 Å². The SMILES string of the molecule is O=C(CCCOc1ccc2c(c1)CCC(=O)N2)NCCCc1nc2ccccc2s1. The number of para-hydroxylation sites is 1. The zero-order chi connectivity index (χ0) is 20.8. The fourth-order valence-corrected chi connectivity index (χ4v) is 4.46. The fraction of sp³-hybridized carbons (Fsp3) is 0.348. The first-order valence-electron chi connectivity index (χ1n) is 10.3. The Hall–Kier alpha value is -2.93. The molecule has 1 aromatic heterocycles. The van der Waals surface area contributed by atoms with Crippen LogP contribution in [0.25, 0.3) is 10.2 Å². The lowest BCUT2D eigenvalue weighted by Crippen LogP contribution is -2.24. The first kappa shape index (κ1) is 20.3. The van der Waals surface area contributed by atoms with Gasteiger partial charge in [-0.15, -0.1) is 11.3 Å². The molecule has 0 saturated carbocycles. The predicted octanol–water partition coefficient (Wildman–Crippen LogP) is 4.09. The average molecular weight is 424 g/mol. The molecule has 2 heterocycles. The van der Waals surface area contributed by atoms with Crippen LogP contribution in [0.2, 0.25) is 0 Å². The summed E-state index contributed by atoms with van der Waals surface area (Å²) in [6.07, 6.45) is 4.11. The molecule has 156 valence electrons. The molecule has 1 aliphatic heterocycles. The van der Waals surface area contributed by atoms with Crippen LogP contribution in [0, 0.1) is 0 Å². The summed E-state index contributed by atoms with van der Waals surface area (Å²) in [5, 5.41) is 6.95. The summed E-state index contributed by atoms with van der Waals surface area (Å²) in [5.41, 5.74) is 3.01. The van der Waals surface area contributed by atoms with Crippen LogP contribution < -0.4 is 15.4 Å². The Morgan fingerprint density at radius 1 is 1.17 bits per heavy atom. The molecule has 0 atom stereocenters. The van der Waals surface area contributed by atoms with Crippen molar-refractivity contribution in [2.24, 2.45) is 0 Å². The molecule has 4 rings (SSSR count). The number of rotatable bonds is 9. The lowest BCUT2D eigenvalue weighted by molar-refractivity contribution is -0.121. The fourth-order valence-electron chi connectivity index (χ4n) is 3.45. The number of fused-ring (bicyclic) bond motifs is 2. The molecular formula is C23H25N3O3S. The molecule has 0 fully saturated rings. The molecule has 7 heteroatoms. The molecule has 0 saturated heterocycles. The highest BCUT2D eigenvalue weighted by Crippen LogP contribution is 2.27. The maximum absolute atomic E-state index is 12.0. The molecule has 30 heavy (non-hydrogen) atoms. The second-order valence-corrected chi connectivity index (χ2v) is 8.46. The molecule has 0 bridgehead atoms. The molecule has 0 unspecified atom stereocenters. The normalized spacial score (nSPS) is 13.0. The number of carbonyl (C=O) groups excluding carboxylic acids is 2. The second-order valence-electron chi connectivity index (χ2n) is 7.35. The summed E-state index contributed by atoms with van der Waals surface area (Å²) in [4.78, 5) is 28.0. The Labute approximate surface area is 179 Å². The lowest BCUT2D eigenvalue weighted by Gasteiger charge is -2.17. The number of amides is 2. The van der Waals surface area contributed by atoms with E-state index in [-0.39, 0.29) is 11.8 Å². The smallest absolute Gasteiger partial charge is 0.224 e. The number of benzene rings is 2. The van der Waals surface area contributed by atoms with Crippen LogP contribution >= 0.6 is 11.3 Å². The third-order valence-electron chi connectivity index (χ3n) is 5.02. The Bertz CT molecular complexity index is 1010. The van der Waals surface area contributed by atoms with Crippen molar-refractivity contribution < 1.29 is 14.3 Å². The van der Waals surface area contributed by atoms with Gasteiger partial charge < -0.3 is 15.4 Å². The van der Waals surface area contributed by atoms with Crippen molar-refractivity contribution >= 4 is 39.1 Å². The van der Waals surface area contributed by atoms with Crippen LogP contribution in [0.1, 0.15) is 36.3 Å². The van der Waals surface area contributed by atoms with Crippen molar-refractivity contribution in [3.05, 3.63) is 53.0 Å². The maximum Gasteiger partial charge on any atom is 0.224 e. The van der Waals surface area contributed by atoms with E-state index in [9.17, 15) is 9.59 Å². The number of ether oxygens (including phenoxy) is 1. The number of nitrogens with zero attached hydrogens (tertiary/aromatic N) is 1. The minimum absolute atomic E-state index is 0.0519. The van der Waals surface area contributed by atoms with Gasteiger partial charge in [-0.25, -0.2) is 4.98 Å². The second kappa shape index (κ2) is 9.71. The van der Waals surface area contributed by atoms with Gasteiger partial charge in [0.15, 0.2) is 0 Å². The number of aryl methyl sites for hydroxylation is 2. The van der Waals surface area contributed by atoms with Gasteiger partial charge in [0.05, 0.1) is 21.8 Å². The third-order valence-corrected chi connectivity index (χ3v) is 6.11. The monoisotopic (exact) mass is 423 g/mol. The van der Waals surface area contributed by atoms with E-state index < -0.39 is 0 Å². The quantitative estimate of drug-likeness (QED) is 0.508. The van der Waals surface area contributed by atoms with Crippen molar-refractivity contribution in [1.82, 2.24) is 10.3 Å². The van der Waals surface area contributed by atoms with Crippen LogP contribution in [0.15, 0.2) is 42.5 Å². The standard InChI is InChI=1S/C23H25N3O3S/c27-21(24-13-3-8-23-26-19-5-1-2-6-20(19)30-23)7-4-14-29-17-10-11-18-16(15-17)9-12-22(28)25-18/h1-2,5-6,10-11,15H,3-4,7-9,12-14H2,(H,24,27)(H,25,28). The Morgan fingerprint density at radius 2 is 2.07 bits per heavy atom. The van der Waals surface area contributed by atoms with E-state index in [0.717, 1.165) is 46.8 Å². The van der Waals surface area contributed by atoms with E-state index in [4.69, 9.17) is 4.74 Å². The summed E-state index contributed by atoms with van der Waals surface area (Å²) in [6.45, 7) is 1.15. The highest BCUT2D eigenvalue weighted by atomic mass is 32.1. The number of carbonyl (C=O) groups is 2. The van der Waals surface area contributed by atoms with Crippen LogP contribution in [-0.2, 0) is 22.4 Å². The maximum atomic E-state index is 12.0. The van der Waals surface area contributed by atoms with Gasteiger partial charge in [-0.1, -0.05) is 12.1 Å². The van der Waals surface area contributed by atoms with Crippen molar-refractivity contribution in [2.75, 3.05) is 18.5 Å². The first-order valence-corrected chi connectivity index (χ1v) is 11.2. The number of nitrogens with one attached hydrogen (secondary N) is 2. The number of anilines is 1. The van der Waals surface area contributed by atoms with Gasteiger partial charge in [0, 0.05) is 31.5 Å². The Balaban J connectivity index is 1.11. The van der Waals surface area contributed by atoms with Crippen molar-refractivity contribution in [3.8, 4) is 5.75 Å². The van der Waals surface area contributed by atoms with E-state index in [2.05, 4.69) is 21.7 Å². The zero-order valence-corrected chi connectivity index (χ0v) is 17.6. The van der Waals surface area contributed by atoms with Gasteiger partial charge in [0.1, 0.15) is 5.75 Å². The van der Waals surface area contributed by atoms with Crippen LogP contribution in [0.4, 0.5) is 5.69 Å². The van der Waals surface area contributed by atoms with Crippen molar-refractivity contribution in [3.63, 3.8) is 0 Å². The molecule has 2 amide bonds. The predicted molar refractivity (Wildman–Crippen MR) is 119 cm³/mol. The highest BCUT2D eigenvalue weighted by molar-refractivity contribution is 7.18. The van der Waals surface area contributed by atoms with E-state index in [0.29, 0.717) is 32.4 Å². The molecule has 0 aliphatic carbocycles.